The Balaban J connectivity index is 1.50. The van der Waals surface area contributed by atoms with Gasteiger partial charge in [-0.15, -0.1) is 10.2 Å². The second kappa shape index (κ2) is 8.23. The number of nitrogens with zero attached hydrogens (tertiary/aromatic N) is 10. The Kier molecular flexibility index (Phi) is 4.52. The zero-order valence-electron chi connectivity index (χ0n) is 20.1. The molecule has 1 fully saturated rings. The van der Waals surface area contributed by atoms with E-state index in [4.69, 9.17) is 18.8 Å². The summed E-state index contributed by atoms with van der Waals surface area (Å²) in [5.74, 6) is 0.976. The molecule has 0 aliphatic carbocycles. The summed E-state index contributed by atoms with van der Waals surface area (Å²) in [6.45, 7) is 0. The van der Waals surface area contributed by atoms with Gasteiger partial charge in [-0.05, 0) is 29.5 Å². The maximum atomic E-state index is 6.91. The van der Waals surface area contributed by atoms with Crippen LogP contribution in [0.3, 0.4) is 0 Å². The monoisotopic (exact) mass is 539 g/mol. The molecule has 2 unspecified atom stereocenters. The number of nitrogens with one attached hydrogen (secondary N) is 5. The van der Waals surface area contributed by atoms with E-state index in [1.807, 2.05) is 30.5 Å². The number of imidazole rings is 1. The van der Waals surface area contributed by atoms with E-state index in [1.54, 1.807) is 23.4 Å². The van der Waals surface area contributed by atoms with Gasteiger partial charge in [0.2, 0.25) is 5.82 Å². The maximum absolute atomic E-state index is 6.91. The minimum Gasteiger partial charge on any atom is -0.431 e. The minimum atomic E-state index is -1.68. The number of tetrazole rings is 1. The number of hydrogen-bond acceptors (Lipinski definition) is 13. The molecule has 18 heteroatoms. The molecule has 40 heavy (non-hydrogen) atoms. The van der Waals surface area contributed by atoms with Crippen LogP contribution in [0.5, 0.6) is 0 Å². The van der Waals surface area contributed by atoms with Gasteiger partial charge in [-0.1, -0.05) is 5.16 Å². The van der Waals surface area contributed by atoms with E-state index in [0.29, 0.717) is 28.7 Å². The number of hydrogen-bond donors (Lipinski definition) is 5. The number of aromatic nitrogens is 13. The molecule has 0 amide bonds. The molecular weight excluding hydrogens is 522 g/mol. The van der Waals surface area contributed by atoms with Crippen LogP contribution in [0.25, 0.3) is 11.4 Å². The number of oxazole rings is 1. The Hall–Kier alpha value is -6.04. The van der Waals surface area contributed by atoms with E-state index >= 15 is 0 Å². The second-order valence-corrected chi connectivity index (χ2v) is 8.61. The lowest BCUT2D eigenvalue weighted by Crippen LogP contribution is -2.57. The van der Waals surface area contributed by atoms with Crippen molar-refractivity contribution in [2.75, 3.05) is 9.96 Å². The zero-order chi connectivity index (χ0) is 26.6. The van der Waals surface area contributed by atoms with Crippen molar-refractivity contribution in [3.8, 4) is 11.4 Å². The van der Waals surface area contributed by atoms with Crippen molar-refractivity contribution >= 4 is 11.8 Å². The minimum absolute atomic E-state index is 0.0471. The summed E-state index contributed by atoms with van der Waals surface area (Å²) in [6.07, 6.45) is 11.1. The van der Waals surface area contributed by atoms with Crippen LogP contribution in [0.1, 0.15) is 23.0 Å². The number of H-pyrrole nitrogens is 5. The number of hydroxylamine groups is 1. The third-order valence-corrected chi connectivity index (χ3v) is 6.57. The van der Waals surface area contributed by atoms with E-state index in [9.17, 15) is 0 Å². The Morgan fingerprint density at radius 3 is 2.52 bits per heavy atom. The fourth-order valence-electron chi connectivity index (χ4n) is 5.01. The summed E-state index contributed by atoms with van der Waals surface area (Å²) in [4.78, 5) is 27.7. The van der Waals surface area contributed by atoms with E-state index in [0.717, 1.165) is 5.69 Å². The highest BCUT2D eigenvalue weighted by molar-refractivity contribution is 5.62. The van der Waals surface area contributed by atoms with Gasteiger partial charge in [0.1, 0.15) is 29.7 Å². The van der Waals surface area contributed by atoms with Gasteiger partial charge in [0.15, 0.2) is 5.82 Å². The van der Waals surface area contributed by atoms with Crippen LogP contribution in [0.15, 0.2) is 82.8 Å². The summed E-state index contributed by atoms with van der Waals surface area (Å²) >= 11 is 0. The number of aromatic amines is 5. The lowest BCUT2D eigenvalue weighted by atomic mass is 9.97. The molecule has 1 saturated heterocycles. The van der Waals surface area contributed by atoms with E-state index in [1.165, 1.54) is 30.0 Å². The van der Waals surface area contributed by atoms with Crippen molar-refractivity contribution in [3.05, 3.63) is 96.9 Å². The molecular formula is C22H17N15O3. The second-order valence-electron chi connectivity index (χ2n) is 8.61. The highest BCUT2D eigenvalue weighted by atomic mass is 16.7. The molecule has 1 aliphatic rings. The van der Waals surface area contributed by atoms with Crippen molar-refractivity contribution in [2.45, 2.75) is 11.4 Å². The molecule has 0 radical (unpaired) electrons. The van der Waals surface area contributed by atoms with Gasteiger partial charge in [0.25, 0.3) is 11.4 Å². The van der Waals surface area contributed by atoms with Gasteiger partial charge >= 0.3 is 6.01 Å². The third-order valence-electron chi connectivity index (χ3n) is 6.57. The standard InChI is InChI=1S/C22H17N15O3/c1-3-13(23-6-1)14-11-26-19(28-14)22(16-12-27-33-29-16)36(17-4-2-7-24-17)21(15-5-9-39-32-15,18-30-34-35-31-18)37(40-22)20-25-8-10-38-20/h1-12,23-24H,(H,26,28)(H,27,29,33)(H,30,31,34,35). The van der Waals surface area contributed by atoms with Gasteiger partial charge in [0, 0.05) is 18.5 Å². The molecule has 5 N–H and O–H groups in total. The van der Waals surface area contributed by atoms with Crippen LogP contribution in [0.2, 0.25) is 0 Å². The van der Waals surface area contributed by atoms with Gasteiger partial charge in [-0.3, -0.25) is 4.90 Å². The van der Waals surface area contributed by atoms with Crippen LogP contribution < -0.4 is 9.96 Å². The van der Waals surface area contributed by atoms with Crippen LogP contribution >= 0.6 is 0 Å². The van der Waals surface area contributed by atoms with Crippen molar-refractivity contribution < 1.29 is 13.8 Å². The topological polar surface area (TPSA) is 224 Å². The molecule has 0 bridgehead atoms. The lowest BCUT2D eigenvalue weighted by Gasteiger charge is -2.40. The first-order valence-corrected chi connectivity index (χ1v) is 11.8. The third kappa shape index (κ3) is 2.83. The molecule has 0 saturated carbocycles. The smallest absolute Gasteiger partial charge is 0.325 e. The molecule has 2 atom stereocenters. The summed E-state index contributed by atoms with van der Waals surface area (Å²) in [5.41, 5.74) is -1.21. The average Bonchev–Trinajstić information content (AvgIpc) is 3.85. The molecule has 7 aromatic heterocycles. The van der Waals surface area contributed by atoms with Crippen molar-refractivity contribution in [1.82, 2.24) is 66.1 Å². The first-order chi connectivity index (χ1) is 19.8. The van der Waals surface area contributed by atoms with E-state index in [2.05, 4.69) is 61.1 Å². The zero-order valence-corrected chi connectivity index (χ0v) is 20.1. The predicted molar refractivity (Wildman–Crippen MR) is 130 cm³/mol. The quantitative estimate of drug-likeness (QED) is 0.193. The summed E-state index contributed by atoms with van der Waals surface area (Å²) < 4.78 is 11.1. The number of anilines is 2. The summed E-state index contributed by atoms with van der Waals surface area (Å²) in [6, 6.07) is 9.16. The maximum Gasteiger partial charge on any atom is 0.325 e. The normalized spacial score (nSPS) is 21.0. The molecule has 8 heterocycles. The van der Waals surface area contributed by atoms with Crippen LogP contribution in [0, 0.1) is 0 Å². The average molecular weight is 539 g/mol. The van der Waals surface area contributed by atoms with Crippen molar-refractivity contribution in [3.63, 3.8) is 0 Å². The predicted octanol–water partition coefficient (Wildman–Crippen LogP) is 1.40. The molecule has 0 aromatic carbocycles. The fraction of sp³-hybridized carbons (Fsp3) is 0.0909. The highest BCUT2D eigenvalue weighted by Gasteiger charge is 2.72. The van der Waals surface area contributed by atoms with Crippen molar-refractivity contribution in [2.24, 2.45) is 0 Å². The van der Waals surface area contributed by atoms with Gasteiger partial charge in [0.05, 0.1) is 30.0 Å². The summed E-state index contributed by atoms with van der Waals surface area (Å²) in [5, 5.41) is 32.0. The van der Waals surface area contributed by atoms with E-state index in [-0.39, 0.29) is 11.8 Å². The Morgan fingerprint density at radius 2 is 1.82 bits per heavy atom. The molecule has 8 rings (SSSR count). The van der Waals surface area contributed by atoms with Crippen LogP contribution in [0.4, 0.5) is 11.8 Å². The highest BCUT2D eigenvalue weighted by Crippen LogP contribution is 2.56. The molecule has 198 valence electrons. The van der Waals surface area contributed by atoms with Gasteiger partial charge in [-0.25, -0.2) is 14.8 Å². The molecule has 18 nitrogen and oxygen atoms in total. The molecule has 1 aliphatic heterocycles. The first-order valence-electron chi connectivity index (χ1n) is 11.8. The molecule has 0 spiro atoms. The number of rotatable bonds is 7. The van der Waals surface area contributed by atoms with Crippen LogP contribution in [-0.2, 0) is 16.2 Å². The first kappa shape index (κ1) is 22.0. The Morgan fingerprint density at radius 1 is 0.875 bits per heavy atom. The lowest BCUT2D eigenvalue weighted by molar-refractivity contribution is -0.00255. The van der Waals surface area contributed by atoms with Gasteiger partial charge in [-0.2, -0.15) is 25.7 Å². The summed E-state index contributed by atoms with van der Waals surface area (Å²) in [7, 11) is 0. The molecule has 7 aromatic rings. The van der Waals surface area contributed by atoms with Crippen LogP contribution in [-0.4, -0.2) is 66.1 Å². The SMILES string of the molecule is c1c[nH]c(-c2cnc(C3(c4cn[nH]n4)ON(c4ncco4)C(c4ccon4)(c4nn[nH]n4)N3c3ccc[nH]3)[nH]2)c1. The van der Waals surface area contributed by atoms with Crippen molar-refractivity contribution in [1.29, 1.82) is 0 Å². The van der Waals surface area contributed by atoms with E-state index < -0.39 is 11.4 Å². The Bertz CT molecular complexity index is 1760. The van der Waals surface area contributed by atoms with Gasteiger partial charge < -0.3 is 23.9 Å². The largest absolute Gasteiger partial charge is 0.431 e. The Labute approximate surface area is 221 Å². The fourth-order valence-corrected chi connectivity index (χ4v) is 5.01.